The molecule has 158 valence electrons. The molecule has 0 spiro atoms. The van der Waals surface area contributed by atoms with Crippen LogP contribution in [0.5, 0.6) is 0 Å². The first kappa shape index (κ1) is 21.4. The van der Waals surface area contributed by atoms with Gasteiger partial charge in [0, 0.05) is 13.0 Å². The smallest absolute Gasteiger partial charge is 0.262 e. The molecule has 3 aromatic rings. The summed E-state index contributed by atoms with van der Waals surface area (Å²) >= 11 is 0. The topological polar surface area (TPSA) is 101 Å². The van der Waals surface area contributed by atoms with Crippen molar-refractivity contribution in [3.63, 3.8) is 0 Å². The lowest BCUT2D eigenvalue weighted by atomic mass is 10.0. The van der Waals surface area contributed by atoms with Gasteiger partial charge in [-0.05, 0) is 42.7 Å². The van der Waals surface area contributed by atoms with E-state index >= 15 is 0 Å². The van der Waals surface area contributed by atoms with E-state index in [1.807, 2.05) is 6.92 Å². The van der Waals surface area contributed by atoms with Crippen LogP contribution in [0.3, 0.4) is 0 Å². The molecule has 1 aromatic heterocycles. The molecule has 0 fully saturated rings. The zero-order chi connectivity index (χ0) is 22.1. The number of carbonyl (C=O) groups is 1. The summed E-state index contributed by atoms with van der Waals surface area (Å²) in [5.41, 5.74) is 1.80. The van der Waals surface area contributed by atoms with Gasteiger partial charge < -0.3 is 4.52 Å². The number of sulfonamides is 1. The molecule has 2 N–H and O–H groups in total. The van der Waals surface area contributed by atoms with E-state index in [9.17, 15) is 22.0 Å². The van der Waals surface area contributed by atoms with Crippen LogP contribution in [0.2, 0.25) is 0 Å². The van der Waals surface area contributed by atoms with Gasteiger partial charge in [0.05, 0.1) is 21.8 Å². The van der Waals surface area contributed by atoms with E-state index in [4.69, 9.17) is 4.52 Å². The normalized spacial score (nSPS) is 11.4. The number of nitrogens with one attached hydrogen (secondary N) is 2. The van der Waals surface area contributed by atoms with Crippen LogP contribution in [0.15, 0.2) is 45.8 Å². The number of aromatic nitrogens is 1. The fourth-order valence-corrected chi connectivity index (χ4v) is 4.24. The monoisotopic (exact) mass is 435 g/mol. The van der Waals surface area contributed by atoms with Crippen molar-refractivity contribution in [1.29, 1.82) is 0 Å². The molecule has 0 atom stereocenters. The van der Waals surface area contributed by atoms with Crippen LogP contribution in [0.4, 0.5) is 20.4 Å². The van der Waals surface area contributed by atoms with Crippen LogP contribution in [-0.4, -0.2) is 19.5 Å². The number of halogens is 2. The van der Waals surface area contributed by atoms with Gasteiger partial charge in [0.2, 0.25) is 11.8 Å². The highest BCUT2D eigenvalue weighted by molar-refractivity contribution is 7.92. The molecule has 7 nitrogen and oxygen atoms in total. The number of benzene rings is 2. The Morgan fingerprint density at radius 1 is 1.13 bits per heavy atom. The second-order valence-corrected chi connectivity index (χ2v) is 8.23. The zero-order valence-electron chi connectivity index (χ0n) is 16.4. The van der Waals surface area contributed by atoms with E-state index in [1.54, 1.807) is 19.1 Å². The molecule has 10 heteroatoms. The lowest BCUT2D eigenvalue weighted by Crippen LogP contribution is -2.15. The third-order valence-corrected chi connectivity index (χ3v) is 5.85. The predicted octanol–water partition coefficient (Wildman–Crippen LogP) is 4.25. The molecule has 1 amide bonds. The van der Waals surface area contributed by atoms with Gasteiger partial charge in [0.25, 0.3) is 10.0 Å². The highest BCUT2D eigenvalue weighted by Crippen LogP contribution is 2.34. The van der Waals surface area contributed by atoms with Crippen molar-refractivity contribution in [2.45, 2.75) is 32.1 Å². The number of nitrogens with zero attached hydrogens (tertiary/aromatic N) is 1. The molecule has 0 aliphatic carbocycles. The molecular weight excluding hydrogens is 416 g/mol. The van der Waals surface area contributed by atoms with Crippen molar-refractivity contribution >= 4 is 27.5 Å². The molecule has 30 heavy (non-hydrogen) atoms. The predicted molar refractivity (Wildman–Crippen MR) is 108 cm³/mol. The van der Waals surface area contributed by atoms with E-state index in [0.29, 0.717) is 28.8 Å². The van der Waals surface area contributed by atoms with Gasteiger partial charge >= 0.3 is 0 Å². The number of rotatable bonds is 6. The third-order valence-electron chi connectivity index (χ3n) is 4.33. The Balaban J connectivity index is 2.06. The van der Waals surface area contributed by atoms with Crippen LogP contribution < -0.4 is 10.0 Å². The fraction of sp³-hybridized carbons (Fsp3) is 0.200. The van der Waals surface area contributed by atoms with Crippen molar-refractivity contribution < 1.29 is 26.5 Å². The Morgan fingerprint density at radius 3 is 2.50 bits per heavy atom. The van der Waals surface area contributed by atoms with Crippen molar-refractivity contribution in [2.24, 2.45) is 0 Å². The second-order valence-electron chi connectivity index (χ2n) is 6.58. The van der Waals surface area contributed by atoms with Crippen LogP contribution in [0, 0.1) is 18.6 Å². The quantitative estimate of drug-likeness (QED) is 0.603. The molecule has 0 saturated heterocycles. The summed E-state index contributed by atoms with van der Waals surface area (Å²) in [7, 11) is -4.12. The average Bonchev–Trinajstić information content (AvgIpc) is 3.06. The molecular formula is C20H19F2N3O4S. The summed E-state index contributed by atoms with van der Waals surface area (Å²) in [6, 6.07) is 7.41. The van der Waals surface area contributed by atoms with Crippen LogP contribution in [-0.2, 0) is 21.2 Å². The minimum absolute atomic E-state index is 0.0678. The maximum Gasteiger partial charge on any atom is 0.262 e. The van der Waals surface area contributed by atoms with Gasteiger partial charge in [-0.25, -0.2) is 17.2 Å². The number of hydrogen-bond donors (Lipinski definition) is 2. The van der Waals surface area contributed by atoms with Gasteiger partial charge in [-0.2, -0.15) is 0 Å². The lowest BCUT2D eigenvalue weighted by molar-refractivity contribution is -0.114. The summed E-state index contributed by atoms with van der Waals surface area (Å²) < 4.78 is 59.9. The SMILES string of the molecule is CCc1noc(NC(C)=O)c1-c1ccc(C)c(S(=O)(=O)Nc2ccc(F)c(F)c2)c1. The van der Waals surface area contributed by atoms with Crippen LogP contribution >= 0.6 is 0 Å². The van der Waals surface area contributed by atoms with Gasteiger partial charge in [-0.1, -0.05) is 24.2 Å². The second kappa shape index (κ2) is 8.23. The number of amides is 1. The van der Waals surface area contributed by atoms with Crippen molar-refractivity contribution in [3.8, 4) is 11.1 Å². The van der Waals surface area contributed by atoms with Gasteiger partial charge in [-0.3, -0.25) is 14.8 Å². The van der Waals surface area contributed by atoms with Crippen LogP contribution in [0.1, 0.15) is 25.1 Å². The molecule has 3 rings (SSSR count). The molecule has 1 heterocycles. The summed E-state index contributed by atoms with van der Waals surface area (Å²) in [5, 5.41) is 6.47. The molecule has 0 aliphatic heterocycles. The Hall–Kier alpha value is -3.27. The van der Waals surface area contributed by atoms with Gasteiger partial charge in [0.1, 0.15) is 0 Å². The average molecular weight is 435 g/mol. The summed E-state index contributed by atoms with van der Waals surface area (Å²) in [4.78, 5) is 11.4. The Bertz CT molecular complexity index is 1220. The molecule has 0 aliphatic rings. The lowest BCUT2D eigenvalue weighted by Gasteiger charge is -2.13. The molecule has 0 bridgehead atoms. The van der Waals surface area contributed by atoms with Crippen molar-refractivity contribution in [1.82, 2.24) is 5.16 Å². The molecule has 2 aromatic carbocycles. The largest absolute Gasteiger partial charge is 0.337 e. The van der Waals surface area contributed by atoms with E-state index in [-0.39, 0.29) is 22.4 Å². The third kappa shape index (κ3) is 4.33. The standard InChI is InChI=1S/C20H19F2N3O4S/c1-4-17-19(20(29-24-17)23-12(3)26)13-6-5-11(2)18(9-13)30(27,28)25-14-7-8-15(21)16(22)10-14/h5-10,25H,4H2,1-3H3,(H,23,26). The first-order valence-electron chi connectivity index (χ1n) is 8.97. The minimum Gasteiger partial charge on any atom is -0.337 e. The first-order chi connectivity index (χ1) is 14.1. The summed E-state index contributed by atoms with van der Waals surface area (Å²) in [5.74, 6) is -2.51. The fourth-order valence-electron chi connectivity index (χ4n) is 2.92. The van der Waals surface area contributed by atoms with Crippen molar-refractivity contribution in [2.75, 3.05) is 10.0 Å². The maximum absolute atomic E-state index is 13.5. The summed E-state index contributed by atoms with van der Waals surface area (Å²) in [6.07, 6.45) is 0.488. The number of aryl methyl sites for hydroxylation is 2. The molecule has 0 radical (unpaired) electrons. The summed E-state index contributed by atoms with van der Waals surface area (Å²) in [6.45, 7) is 4.76. The molecule has 0 unspecified atom stereocenters. The van der Waals surface area contributed by atoms with Gasteiger partial charge in [-0.15, -0.1) is 0 Å². The number of hydrogen-bond acceptors (Lipinski definition) is 5. The molecule has 0 saturated carbocycles. The van der Waals surface area contributed by atoms with E-state index in [2.05, 4.69) is 15.2 Å². The first-order valence-corrected chi connectivity index (χ1v) is 10.5. The van der Waals surface area contributed by atoms with E-state index in [1.165, 1.54) is 13.0 Å². The minimum atomic E-state index is -4.12. The van der Waals surface area contributed by atoms with Crippen molar-refractivity contribution in [3.05, 3.63) is 59.3 Å². The number of carbonyl (C=O) groups excluding carboxylic acids is 1. The highest BCUT2D eigenvalue weighted by atomic mass is 32.2. The number of anilines is 2. The van der Waals surface area contributed by atoms with E-state index < -0.39 is 21.7 Å². The highest BCUT2D eigenvalue weighted by Gasteiger charge is 2.23. The van der Waals surface area contributed by atoms with E-state index in [0.717, 1.165) is 18.2 Å². The van der Waals surface area contributed by atoms with Gasteiger partial charge in [0.15, 0.2) is 11.6 Å². The Kier molecular flexibility index (Phi) is 5.88. The Morgan fingerprint density at radius 2 is 1.87 bits per heavy atom. The Labute approximate surface area is 172 Å². The maximum atomic E-state index is 13.5. The zero-order valence-corrected chi connectivity index (χ0v) is 17.2. The van der Waals surface area contributed by atoms with Crippen LogP contribution in [0.25, 0.3) is 11.1 Å².